The van der Waals surface area contributed by atoms with Crippen LogP contribution in [0.4, 0.5) is 0 Å². The summed E-state index contributed by atoms with van der Waals surface area (Å²) in [6, 6.07) is 2.36. The maximum absolute atomic E-state index is 11.5. The van der Waals surface area contributed by atoms with Crippen molar-refractivity contribution in [1.82, 2.24) is 15.1 Å². The maximum atomic E-state index is 11.5. The standard InChI is InChI=1S/C14H23N3O2/c1-3-12(4-2)17-9-6-11(16-17)10-14(13(18)19)7-5-8-15-14/h6,9,12,15H,3-5,7-8,10H2,1-2H3,(H,18,19). The minimum atomic E-state index is -0.812. The summed E-state index contributed by atoms with van der Waals surface area (Å²) in [5, 5.41) is 17.1. The molecule has 1 aromatic heterocycles. The van der Waals surface area contributed by atoms with Crippen LogP contribution in [0.25, 0.3) is 0 Å². The van der Waals surface area contributed by atoms with E-state index in [0.717, 1.165) is 31.5 Å². The van der Waals surface area contributed by atoms with Crippen molar-refractivity contribution in [3.05, 3.63) is 18.0 Å². The summed E-state index contributed by atoms with van der Waals surface area (Å²) < 4.78 is 1.97. The third-order valence-electron chi connectivity index (χ3n) is 4.12. The zero-order valence-electron chi connectivity index (χ0n) is 11.7. The topological polar surface area (TPSA) is 67.2 Å². The summed E-state index contributed by atoms with van der Waals surface area (Å²) >= 11 is 0. The predicted molar refractivity (Wildman–Crippen MR) is 73.2 cm³/mol. The number of carboxylic acids is 1. The van der Waals surface area contributed by atoms with E-state index < -0.39 is 11.5 Å². The van der Waals surface area contributed by atoms with Crippen LogP contribution in [0.3, 0.4) is 0 Å². The number of aliphatic carboxylic acids is 1. The second-order valence-corrected chi connectivity index (χ2v) is 5.35. The maximum Gasteiger partial charge on any atom is 0.324 e. The van der Waals surface area contributed by atoms with E-state index in [1.807, 2.05) is 16.9 Å². The Kier molecular flexibility index (Phi) is 4.24. The Hall–Kier alpha value is -1.36. The van der Waals surface area contributed by atoms with Gasteiger partial charge in [0.15, 0.2) is 0 Å². The molecule has 1 saturated heterocycles. The summed E-state index contributed by atoms with van der Waals surface area (Å²) in [5.74, 6) is -0.762. The second-order valence-electron chi connectivity index (χ2n) is 5.35. The molecule has 19 heavy (non-hydrogen) atoms. The highest BCUT2D eigenvalue weighted by molar-refractivity contribution is 5.79. The van der Waals surface area contributed by atoms with Gasteiger partial charge in [0.2, 0.25) is 0 Å². The average molecular weight is 265 g/mol. The molecule has 0 spiro atoms. The molecule has 1 aromatic rings. The number of nitrogens with one attached hydrogen (secondary N) is 1. The van der Waals surface area contributed by atoms with Gasteiger partial charge in [-0.05, 0) is 38.3 Å². The summed E-state index contributed by atoms with van der Waals surface area (Å²) in [6.07, 6.45) is 6.12. The Morgan fingerprint density at radius 1 is 1.58 bits per heavy atom. The highest BCUT2D eigenvalue weighted by Gasteiger charge is 2.41. The van der Waals surface area contributed by atoms with Gasteiger partial charge in [0.25, 0.3) is 0 Å². The van der Waals surface area contributed by atoms with Gasteiger partial charge in [-0.15, -0.1) is 0 Å². The Bertz CT molecular complexity index is 432. The van der Waals surface area contributed by atoms with E-state index in [1.165, 1.54) is 0 Å². The van der Waals surface area contributed by atoms with Crippen LogP contribution in [0.2, 0.25) is 0 Å². The summed E-state index contributed by atoms with van der Waals surface area (Å²) in [5.41, 5.74) is 0.0521. The molecule has 0 bridgehead atoms. The number of aromatic nitrogens is 2. The van der Waals surface area contributed by atoms with E-state index in [1.54, 1.807) is 0 Å². The van der Waals surface area contributed by atoms with Crippen molar-refractivity contribution in [3.8, 4) is 0 Å². The van der Waals surface area contributed by atoms with Gasteiger partial charge in [0.1, 0.15) is 5.54 Å². The smallest absolute Gasteiger partial charge is 0.324 e. The van der Waals surface area contributed by atoms with Crippen molar-refractivity contribution in [2.24, 2.45) is 0 Å². The van der Waals surface area contributed by atoms with Crippen molar-refractivity contribution >= 4 is 5.97 Å². The van der Waals surface area contributed by atoms with Gasteiger partial charge >= 0.3 is 5.97 Å². The van der Waals surface area contributed by atoms with Crippen molar-refractivity contribution in [2.75, 3.05) is 6.54 Å². The lowest BCUT2D eigenvalue weighted by Gasteiger charge is -2.23. The summed E-state index contributed by atoms with van der Waals surface area (Å²) in [4.78, 5) is 11.5. The number of nitrogens with zero attached hydrogens (tertiary/aromatic N) is 2. The molecule has 0 saturated carbocycles. The average Bonchev–Trinajstić information content (AvgIpc) is 3.02. The molecule has 0 aromatic carbocycles. The molecule has 1 atom stereocenters. The Labute approximate surface area is 114 Å². The van der Waals surface area contributed by atoms with Crippen LogP contribution in [-0.2, 0) is 11.2 Å². The molecular weight excluding hydrogens is 242 g/mol. The van der Waals surface area contributed by atoms with E-state index in [4.69, 9.17) is 0 Å². The van der Waals surface area contributed by atoms with Crippen molar-refractivity contribution < 1.29 is 9.90 Å². The van der Waals surface area contributed by atoms with Crippen molar-refractivity contribution in [2.45, 2.75) is 57.5 Å². The van der Waals surface area contributed by atoms with Crippen LogP contribution in [0.15, 0.2) is 12.3 Å². The molecular formula is C14H23N3O2. The number of carboxylic acid groups (broad SMARTS) is 1. The number of carbonyl (C=O) groups is 1. The predicted octanol–water partition coefficient (Wildman–Crippen LogP) is 1.99. The van der Waals surface area contributed by atoms with Gasteiger partial charge in [-0.1, -0.05) is 13.8 Å². The van der Waals surface area contributed by atoms with Crippen LogP contribution < -0.4 is 5.32 Å². The molecule has 2 N–H and O–H groups in total. The van der Waals surface area contributed by atoms with Crippen molar-refractivity contribution in [3.63, 3.8) is 0 Å². The van der Waals surface area contributed by atoms with E-state index in [9.17, 15) is 9.90 Å². The lowest BCUT2D eigenvalue weighted by Crippen LogP contribution is -2.49. The molecule has 0 amide bonds. The normalized spacial score (nSPS) is 23.1. The molecule has 5 heteroatoms. The minimum absolute atomic E-state index is 0.408. The van der Waals surface area contributed by atoms with Crippen LogP contribution in [0.5, 0.6) is 0 Å². The van der Waals surface area contributed by atoms with Gasteiger partial charge in [-0.25, -0.2) is 0 Å². The van der Waals surface area contributed by atoms with Gasteiger partial charge in [-0.2, -0.15) is 5.10 Å². The van der Waals surface area contributed by atoms with Crippen LogP contribution in [-0.4, -0.2) is 32.9 Å². The number of hydrogen-bond donors (Lipinski definition) is 2. The van der Waals surface area contributed by atoms with Crippen LogP contribution in [0, 0.1) is 0 Å². The van der Waals surface area contributed by atoms with E-state index in [-0.39, 0.29) is 0 Å². The first kappa shape index (κ1) is 14.1. The molecule has 1 fully saturated rings. The van der Waals surface area contributed by atoms with Crippen LogP contribution in [0.1, 0.15) is 51.3 Å². The molecule has 5 nitrogen and oxygen atoms in total. The molecule has 2 heterocycles. The van der Waals surface area contributed by atoms with Gasteiger partial charge in [-0.3, -0.25) is 9.48 Å². The highest BCUT2D eigenvalue weighted by atomic mass is 16.4. The highest BCUT2D eigenvalue weighted by Crippen LogP contribution is 2.24. The quantitative estimate of drug-likeness (QED) is 0.825. The fourth-order valence-electron chi connectivity index (χ4n) is 2.86. The number of hydrogen-bond acceptors (Lipinski definition) is 3. The number of rotatable bonds is 6. The monoisotopic (exact) mass is 265 g/mol. The molecule has 0 radical (unpaired) electrons. The minimum Gasteiger partial charge on any atom is -0.480 e. The van der Waals surface area contributed by atoms with Gasteiger partial charge < -0.3 is 10.4 Å². The first-order valence-electron chi connectivity index (χ1n) is 7.13. The summed E-state index contributed by atoms with van der Waals surface area (Å²) in [6.45, 7) is 5.07. The third-order valence-corrected chi connectivity index (χ3v) is 4.12. The zero-order valence-corrected chi connectivity index (χ0v) is 11.7. The fourth-order valence-corrected chi connectivity index (χ4v) is 2.86. The fraction of sp³-hybridized carbons (Fsp3) is 0.714. The van der Waals surface area contributed by atoms with Crippen LogP contribution >= 0.6 is 0 Å². The SMILES string of the molecule is CCC(CC)n1ccc(CC2(C(=O)O)CCCN2)n1. The summed E-state index contributed by atoms with van der Waals surface area (Å²) in [7, 11) is 0. The van der Waals surface area contributed by atoms with E-state index >= 15 is 0 Å². The largest absolute Gasteiger partial charge is 0.480 e. The molecule has 1 aliphatic heterocycles. The lowest BCUT2D eigenvalue weighted by molar-refractivity contribution is -0.144. The van der Waals surface area contributed by atoms with Crippen molar-refractivity contribution in [1.29, 1.82) is 0 Å². The zero-order chi connectivity index (χ0) is 13.9. The molecule has 106 valence electrons. The first-order chi connectivity index (χ1) is 9.11. The Balaban J connectivity index is 2.12. The Morgan fingerprint density at radius 3 is 2.84 bits per heavy atom. The molecule has 1 unspecified atom stereocenters. The first-order valence-corrected chi connectivity index (χ1v) is 7.13. The second kappa shape index (κ2) is 5.74. The van der Waals surface area contributed by atoms with Gasteiger partial charge in [0, 0.05) is 12.6 Å². The molecule has 0 aliphatic carbocycles. The third kappa shape index (κ3) is 2.81. The molecule has 1 aliphatic rings. The van der Waals surface area contributed by atoms with Gasteiger partial charge in [0.05, 0.1) is 11.7 Å². The Morgan fingerprint density at radius 2 is 2.32 bits per heavy atom. The van der Waals surface area contributed by atoms with E-state index in [0.29, 0.717) is 18.9 Å². The molecule has 2 rings (SSSR count). The lowest BCUT2D eigenvalue weighted by atomic mass is 9.92. The van der Waals surface area contributed by atoms with E-state index in [2.05, 4.69) is 24.3 Å².